The van der Waals surface area contributed by atoms with Gasteiger partial charge in [0.2, 0.25) is 0 Å². The van der Waals surface area contributed by atoms with Gasteiger partial charge in [-0.1, -0.05) is 0 Å². The molecule has 0 aliphatic rings. The summed E-state index contributed by atoms with van der Waals surface area (Å²) < 4.78 is 0. The molecule has 5 heavy (non-hydrogen) atoms. The van der Waals surface area contributed by atoms with Gasteiger partial charge < -0.3 is 0 Å². The van der Waals surface area contributed by atoms with Crippen LogP contribution in [-0.2, 0) is 16.0 Å². The minimum atomic E-state index is -1.67. The summed E-state index contributed by atoms with van der Waals surface area (Å²) in [6.07, 6.45) is 0. The molecular weight excluding hydrogens is 288 g/mol. The van der Waals surface area contributed by atoms with Gasteiger partial charge in [0.1, 0.15) is 0 Å². The van der Waals surface area contributed by atoms with Gasteiger partial charge in [-0.25, -0.2) is 0 Å². The van der Waals surface area contributed by atoms with Crippen molar-refractivity contribution in [2.24, 2.45) is 0 Å². The zero-order valence-corrected chi connectivity index (χ0v) is 9.09. The molecule has 4 heteroatoms. The van der Waals surface area contributed by atoms with Gasteiger partial charge in [0.05, 0.1) is 0 Å². The monoisotopic (exact) mass is 292 g/mol. The molecule has 0 N–H and O–H groups in total. The third-order valence-corrected chi connectivity index (χ3v) is 16.1. The van der Waals surface area contributed by atoms with E-state index in [1.807, 2.05) is 0 Å². The van der Waals surface area contributed by atoms with E-state index in [1.54, 1.807) is 0 Å². The van der Waals surface area contributed by atoms with E-state index >= 15 is 0 Å². The number of hydrogen-bond acceptors (Lipinski definition) is 0. The van der Waals surface area contributed by atoms with Crippen molar-refractivity contribution in [2.75, 3.05) is 0 Å². The van der Waals surface area contributed by atoms with Crippen LogP contribution in [0.1, 0.15) is 0 Å². The van der Waals surface area contributed by atoms with E-state index in [0.717, 1.165) is 0 Å². The first-order valence-electron chi connectivity index (χ1n) is 1.24. The third kappa shape index (κ3) is 5.98. The molecule has 0 aromatic heterocycles. The van der Waals surface area contributed by atoms with Crippen LogP contribution in [0.15, 0.2) is 0 Å². The average molecular weight is 291 g/mol. The Bertz CT molecular complexity index is 47.6. The van der Waals surface area contributed by atoms with Gasteiger partial charge >= 0.3 is 49.9 Å². The normalized spacial score (nSPS) is 6.20. The molecule has 0 aromatic carbocycles. The minimum absolute atomic E-state index is 0.475. The second-order valence-corrected chi connectivity index (χ2v) is 28.4. The van der Waals surface area contributed by atoms with E-state index in [4.69, 9.17) is 17.2 Å². The Morgan fingerprint density at radius 1 is 1.60 bits per heavy atom. The third-order valence-electron chi connectivity index (χ3n) is 0.218. The van der Waals surface area contributed by atoms with Crippen LogP contribution in [0.3, 0.4) is 0 Å². The molecule has 0 radical (unpaired) electrons. The van der Waals surface area contributed by atoms with Gasteiger partial charge in [-0.05, 0) is 0 Å². The van der Waals surface area contributed by atoms with Crippen molar-refractivity contribution in [3.05, 3.63) is 0 Å². The maximum atomic E-state index is 5.48. The van der Waals surface area contributed by atoms with E-state index in [0.29, 0.717) is 11.0 Å². The van der Waals surface area contributed by atoms with Crippen molar-refractivity contribution in [2.45, 2.75) is 5.79 Å². The molecule has 0 bridgehead atoms. The van der Waals surface area contributed by atoms with Crippen molar-refractivity contribution in [3.8, 4) is 0 Å². The standard InChI is InChI=1S/CH3.Al.2ClH.Hf/h1H3;;2*1H;/q;;;;+2/p-2. The molecule has 0 rings (SSSR count). The van der Waals surface area contributed by atoms with Crippen LogP contribution in [-0.4, -0.2) is 11.0 Å². The fraction of sp³-hybridized carbons (Fsp3) is 1.00. The molecule has 0 unspecified atom stereocenters. The van der Waals surface area contributed by atoms with Crippen molar-refractivity contribution in [1.29, 1.82) is 0 Å². The molecule has 0 heterocycles. The molecule has 0 saturated heterocycles. The topological polar surface area (TPSA) is 0 Å². The second kappa shape index (κ2) is 4.15. The molecule has 0 aliphatic carbocycles. The summed E-state index contributed by atoms with van der Waals surface area (Å²) >= 11 is -1.67. The molecule has 0 aromatic rings. The van der Waals surface area contributed by atoms with E-state index in [-0.39, 0.29) is 0 Å². The van der Waals surface area contributed by atoms with E-state index < -0.39 is 16.0 Å². The summed E-state index contributed by atoms with van der Waals surface area (Å²) in [5, 5.41) is 0. The van der Waals surface area contributed by atoms with Crippen LogP contribution in [0.5, 0.6) is 0 Å². The first-order chi connectivity index (χ1) is 2.27. The van der Waals surface area contributed by atoms with E-state index in [2.05, 4.69) is 5.79 Å². The Balaban J connectivity index is 3.14. The summed E-state index contributed by atoms with van der Waals surface area (Å²) in [4.78, 5) is 0. The SMILES string of the molecule is [CH3][Al]=[Hf]([Cl])[Cl]. The molecule has 0 fully saturated rings. The number of hydrogen-bond donors (Lipinski definition) is 0. The molecule has 0 spiro atoms. The van der Waals surface area contributed by atoms with Crippen molar-refractivity contribution >= 4 is 28.1 Å². The summed E-state index contributed by atoms with van der Waals surface area (Å²) in [5.74, 6) is 2.11. The fourth-order valence-electron chi connectivity index (χ4n) is 0. The number of halogens is 2. The quantitative estimate of drug-likeness (QED) is 0.595. The Morgan fingerprint density at radius 3 is 1.80 bits per heavy atom. The predicted octanol–water partition coefficient (Wildman–Crippen LogP) is 1.58. The molecule has 0 saturated carbocycles. The van der Waals surface area contributed by atoms with Gasteiger partial charge in [0.15, 0.2) is 0 Å². The Hall–Kier alpha value is 1.98. The van der Waals surface area contributed by atoms with Crippen LogP contribution in [0, 0.1) is 0 Å². The summed E-state index contributed by atoms with van der Waals surface area (Å²) in [7, 11) is 11.4. The van der Waals surface area contributed by atoms with Crippen LogP contribution < -0.4 is 0 Å². The molecule has 0 atom stereocenters. The molecule has 0 nitrogen and oxygen atoms in total. The number of rotatable bonds is 0. The van der Waals surface area contributed by atoms with Gasteiger partial charge in [0, 0.05) is 0 Å². The summed E-state index contributed by atoms with van der Waals surface area (Å²) in [6.45, 7) is 0. The van der Waals surface area contributed by atoms with Crippen LogP contribution >= 0.6 is 17.2 Å². The van der Waals surface area contributed by atoms with Crippen molar-refractivity contribution in [1.82, 2.24) is 0 Å². The average Bonchev–Trinajstić information content (AvgIpc) is 1.38. The second-order valence-electron chi connectivity index (χ2n) is 0.578. The fourth-order valence-corrected chi connectivity index (χ4v) is 0. The summed E-state index contributed by atoms with van der Waals surface area (Å²) in [6, 6.07) is 0. The molecular formula is CH3AlCl2Hf. The van der Waals surface area contributed by atoms with Crippen LogP contribution in [0.4, 0.5) is 0 Å². The van der Waals surface area contributed by atoms with E-state index in [1.165, 1.54) is 0 Å². The first-order valence-corrected chi connectivity index (χ1v) is 18.1. The Labute approximate surface area is 49.3 Å². The molecule has 0 amide bonds. The zero-order valence-electron chi connectivity index (χ0n) is 2.83. The zero-order chi connectivity index (χ0) is 4.28. The predicted molar refractivity (Wildman–Crippen MR) is 23.3 cm³/mol. The van der Waals surface area contributed by atoms with Crippen molar-refractivity contribution < 1.29 is 16.0 Å². The van der Waals surface area contributed by atoms with Gasteiger partial charge in [0.25, 0.3) is 0 Å². The van der Waals surface area contributed by atoms with Gasteiger partial charge in [-0.3, -0.25) is 0 Å². The first kappa shape index (κ1) is 6.98. The van der Waals surface area contributed by atoms with Crippen LogP contribution in [0.25, 0.3) is 0 Å². The van der Waals surface area contributed by atoms with Crippen molar-refractivity contribution in [3.63, 3.8) is 0 Å². The Morgan fingerprint density at radius 2 is 1.80 bits per heavy atom. The maximum absolute atomic E-state index is 5.48. The van der Waals surface area contributed by atoms with Gasteiger partial charge in [-0.15, -0.1) is 0 Å². The Kier molecular flexibility index (Phi) is 5.80. The molecule has 28 valence electrons. The van der Waals surface area contributed by atoms with E-state index in [9.17, 15) is 0 Å². The van der Waals surface area contributed by atoms with Crippen LogP contribution in [0.2, 0.25) is 5.79 Å². The molecule has 0 aliphatic heterocycles. The summed E-state index contributed by atoms with van der Waals surface area (Å²) in [5.41, 5.74) is 0. The van der Waals surface area contributed by atoms with Gasteiger partial charge in [-0.2, -0.15) is 0 Å².